The summed E-state index contributed by atoms with van der Waals surface area (Å²) in [7, 11) is -2.11. The van der Waals surface area contributed by atoms with Crippen molar-refractivity contribution in [3.8, 4) is 0 Å². The van der Waals surface area contributed by atoms with Crippen molar-refractivity contribution < 1.29 is 9.36 Å². The van der Waals surface area contributed by atoms with Crippen molar-refractivity contribution in [2.75, 3.05) is 13.1 Å². The van der Waals surface area contributed by atoms with Crippen LogP contribution < -0.4 is 10.6 Å². The number of nitrogens with one attached hydrogen (secondary N) is 2. The van der Waals surface area contributed by atoms with E-state index in [-0.39, 0.29) is 17.7 Å². The van der Waals surface area contributed by atoms with E-state index < -0.39 is 7.95 Å². The highest BCUT2D eigenvalue weighted by Gasteiger charge is 2.36. The second kappa shape index (κ2) is 8.07. The lowest BCUT2D eigenvalue weighted by molar-refractivity contribution is 0.230. The Kier molecular flexibility index (Phi) is 6.37. The van der Waals surface area contributed by atoms with Gasteiger partial charge in [0.15, 0.2) is 7.95 Å². The van der Waals surface area contributed by atoms with E-state index in [1.807, 2.05) is 19.1 Å². The van der Waals surface area contributed by atoms with E-state index in [1.54, 1.807) is 0 Å². The fourth-order valence-corrected chi connectivity index (χ4v) is 4.85. The summed E-state index contributed by atoms with van der Waals surface area (Å²) < 4.78 is 13.9. The molecule has 3 atom stereocenters. The first-order chi connectivity index (χ1) is 11.0. The first kappa shape index (κ1) is 18.2. The van der Waals surface area contributed by atoms with E-state index >= 15 is 0 Å². The van der Waals surface area contributed by atoms with Gasteiger partial charge in [0.1, 0.15) is 5.78 Å². The van der Waals surface area contributed by atoms with Crippen LogP contribution >= 0.6 is 19.6 Å². The molecule has 1 saturated heterocycles. The highest BCUT2D eigenvalue weighted by atomic mass is 35.5. The van der Waals surface area contributed by atoms with E-state index in [9.17, 15) is 9.36 Å². The molecular weight excluding hydrogens is 333 g/mol. The number of halogens is 1. The molecule has 0 aromatic rings. The Bertz CT molecular complexity index is 586. The average Bonchev–Trinajstić information content (AvgIpc) is 2.80. The van der Waals surface area contributed by atoms with E-state index in [0.29, 0.717) is 24.5 Å². The van der Waals surface area contributed by atoms with Crippen LogP contribution in [0.3, 0.4) is 0 Å². The van der Waals surface area contributed by atoms with Gasteiger partial charge in [-0.3, -0.25) is 4.67 Å². The first-order valence-electron chi connectivity index (χ1n) is 8.10. The van der Waals surface area contributed by atoms with Crippen LogP contribution in [-0.4, -0.2) is 29.6 Å². The third kappa shape index (κ3) is 4.02. The lowest BCUT2D eigenvalue weighted by Crippen LogP contribution is -2.31. The molecule has 7 heteroatoms. The van der Waals surface area contributed by atoms with E-state index in [1.165, 1.54) is 10.2 Å². The van der Waals surface area contributed by atoms with Crippen molar-refractivity contribution in [2.45, 2.75) is 39.4 Å². The number of hydrogen-bond acceptors (Lipinski definition) is 3. The zero-order valence-corrected chi connectivity index (χ0v) is 15.6. The number of nitrogens with zero attached hydrogens (tertiary/aromatic N) is 1. The molecule has 2 aliphatic rings. The highest BCUT2D eigenvalue weighted by Crippen LogP contribution is 2.42. The molecular formula is C16H25ClN3O2P. The molecule has 2 rings (SSSR count). The van der Waals surface area contributed by atoms with Gasteiger partial charge in [0.05, 0.1) is 5.03 Å². The van der Waals surface area contributed by atoms with Gasteiger partial charge in [-0.2, -0.15) is 0 Å². The van der Waals surface area contributed by atoms with Gasteiger partial charge in [-0.05, 0) is 25.8 Å². The molecule has 5 nitrogen and oxygen atoms in total. The highest BCUT2D eigenvalue weighted by molar-refractivity contribution is 7.44. The molecule has 23 heavy (non-hydrogen) atoms. The molecule has 1 fully saturated rings. The average molecular weight is 358 g/mol. The van der Waals surface area contributed by atoms with Crippen LogP contribution in [-0.2, 0) is 4.57 Å². The van der Waals surface area contributed by atoms with Gasteiger partial charge in [-0.15, -0.1) is 0 Å². The van der Waals surface area contributed by atoms with Crippen LogP contribution in [0, 0.1) is 5.92 Å². The molecule has 0 aromatic heterocycles. The maximum atomic E-state index is 12.4. The minimum absolute atomic E-state index is 0.125. The van der Waals surface area contributed by atoms with Crippen molar-refractivity contribution in [1.29, 1.82) is 0 Å². The predicted octanol–water partition coefficient (Wildman–Crippen LogP) is 3.80. The Morgan fingerprint density at radius 2 is 2.26 bits per heavy atom. The fourth-order valence-electron chi connectivity index (χ4n) is 2.92. The topological polar surface area (TPSA) is 61.4 Å². The van der Waals surface area contributed by atoms with Crippen molar-refractivity contribution in [3.63, 3.8) is 0 Å². The Hall–Kier alpha value is -1.19. The van der Waals surface area contributed by atoms with Gasteiger partial charge >= 0.3 is 6.03 Å². The molecule has 2 heterocycles. The number of rotatable bonds is 5. The zero-order valence-electron chi connectivity index (χ0n) is 13.9. The molecule has 0 spiro atoms. The predicted molar refractivity (Wildman–Crippen MR) is 95.9 cm³/mol. The smallest absolute Gasteiger partial charge is 0.323 e. The Morgan fingerprint density at radius 1 is 1.52 bits per heavy atom. The number of carbonyl (C=O) groups is 1. The zero-order chi connectivity index (χ0) is 17.0. The van der Waals surface area contributed by atoms with E-state index in [2.05, 4.69) is 30.6 Å². The quantitative estimate of drug-likeness (QED) is 0.581. The van der Waals surface area contributed by atoms with Crippen LogP contribution in [0.2, 0.25) is 0 Å². The van der Waals surface area contributed by atoms with Gasteiger partial charge in [-0.25, -0.2) is 4.79 Å². The Balaban J connectivity index is 2.12. The molecule has 3 unspecified atom stereocenters. The number of allylic oxidation sites excluding steroid dienone is 4. The standard InChI is InChI=1S/C16H25ClN3O2P/c1-4-6-7-13(17)15-11(3)12(8-9-18-15)10-14-19-16(21)20(5-2)23(14)22/h6-8,11,14,18,23H,4-5,9-10H2,1-3H3,(H,19,21)/b7-6-,15-13-. The second-order valence-corrected chi connectivity index (χ2v) is 8.06. The largest absolute Gasteiger partial charge is 0.383 e. The van der Waals surface area contributed by atoms with E-state index in [0.717, 1.165) is 12.1 Å². The van der Waals surface area contributed by atoms with Crippen LogP contribution in [0.4, 0.5) is 4.79 Å². The van der Waals surface area contributed by atoms with Gasteiger partial charge in [-0.1, -0.05) is 43.2 Å². The van der Waals surface area contributed by atoms with Crippen molar-refractivity contribution in [1.82, 2.24) is 15.3 Å². The van der Waals surface area contributed by atoms with Crippen LogP contribution in [0.15, 0.2) is 34.5 Å². The van der Waals surface area contributed by atoms with Gasteiger partial charge in [0.25, 0.3) is 0 Å². The molecule has 0 saturated carbocycles. The monoisotopic (exact) mass is 357 g/mol. The van der Waals surface area contributed by atoms with Crippen molar-refractivity contribution in [3.05, 3.63) is 34.5 Å². The normalized spacial score (nSPS) is 30.3. The molecule has 0 bridgehead atoms. The van der Waals surface area contributed by atoms with Crippen molar-refractivity contribution in [2.24, 2.45) is 5.92 Å². The minimum Gasteiger partial charge on any atom is -0.383 e. The Labute approximate surface area is 143 Å². The molecule has 0 aromatic carbocycles. The van der Waals surface area contributed by atoms with Crippen molar-refractivity contribution >= 4 is 25.6 Å². The number of carbonyl (C=O) groups excluding carboxylic acids is 1. The molecule has 2 N–H and O–H groups in total. The summed E-state index contributed by atoms with van der Waals surface area (Å²) in [4.78, 5) is 11.8. The summed E-state index contributed by atoms with van der Waals surface area (Å²) in [6.45, 7) is 7.17. The molecule has 0 radical (unpaired) electrons. The third-order valence-corrected chi connectivity index (χ3v) is 6.59. The first-order valence-corrected chi connectivity index (χ1v) is 9.91. The molecule has 2 aliphatic heterocycles. The summed E-state index contributed by atoms with van der Waals surface area (Å²) in [5.74, 6) is -0.161. The lowest BCUT2D eigenvalue weighted by atomic mass is 9.91. The number of urea groups is 1. The fraction of sp³-hybridized carbons (Fsp3) is 0.562. The molecule has 0 aliphatic carbocycles. The SMILES string of the molecule is CC/C=C\C(Cl)=C1\NCC=C(CC2NC(=O)N(CC)[PH]2=O)C1C. The maximum Gasteiger partial charge on any atom is 0.323 e. The number of amides is 2. The van der Waals surface area contributed by atoms with Crippen LogP contribution in [0.5, 0.6) is 0 Å². The third-order valence-electron chi connectivity index (χ3n) is 4.27. The second-order valence-electron chi connectivity index (χ2n) is 5.74. The summed E-state index contributed by atoms with van der Waals surface area (Å²) in [6.07, 6.45) is 7.59. The Morgan fingerprint density at radius 3 is 2.87 bits per heavy atom. The molecule has 2 amide bonds. The maximum absolute atomic E-state index is 12.4. The lowest BCUT2D eigenvalue weighted by Gasteiger charge is -2.27. The minimum atomic E-state index is -2.11. The van der Waals surface area contributed by atoms with Gasteiger partial charge in [0.2, 0.25) is 0 Å². The summed E-state index contributed by atoms with van der Waals surface area (Å²) >= 11 is 6.38. The van der Waals surface area contributed by atoms with Gasteiger partial charge < -0.3 is 15.2 Å². The van der Waals surface area contributed by atoms with Crippen LogP contribution in [0.1, 0.15) is 33.6 Å². The summed E-state index contributed by atoms with van der Waals surface area (Å²) in [5, 5.41) is 6.88. The summed E-state index contributed by atoms with van der Waals surface area (Å²) in [6, 6.07) is -0.219. The van der Waals surface area contributed by atoms with Gasteiger partial charge in [0, 0.05) is 24.7 Å². The van der Waals surface area contributed by atoms with E-state index in [4.69, 9.17) is 11.6 Å². The molecule has 128 valence electrons. The number of hydrogen-bond donors (Lipinski definition) is 2. The summed E-state index contributed by atoms with van der Waals surface area (Å²) in [5.41, 5.74) is 2.16. The van der Waals surface area contributed by atoms with Crippen LogP contribution in [0.25, 0.3) is 0 Å².